The first kappa shape index (κ1) is 8.30. The molecule has 1 aromatic carbocycles. The van der Waals surface area contributed by atoms with Gasteiger partial charge in [-0.05, 0) is 37.5 Å². The lowest BCUT2D eigenvalue weighted by atomic mass is 9.95. The minimum absolute atomic E-state index is 0.171. The highest BCUT2D eigenvalue weighted by molar-refractivity contribution is 5.95. The van der Waals surface area contributed by atoms with Gasteiger partial charge in [-0.3, -0.25) is 0 Å². The van der Waals surface area contributed by atoms with Crippen LogP contribution in [0.1, 0.15) is 32.6 Å². The van der Waals surface area contributed by atoms with Crippen molar-refractivity contribution in [3.05, 3.63) is 33.9 Å². The van der Waals surface area contributed by atoms with Gasteiger partial charge in [-0.1, -0.05) is 6.07 Å². The lowest BCUT2D eigenvalue weighted by molar-refractivity contribution is 0.0534. The first-order chi connectivity index (χ1) is 6.11. The van der Waals surface area contributed by atoms with Gasteiger partial charge in [0.25, 0.3) is 0 Å². The summed E-state index contributed by atoms with van der Waals surface area (Å²) in [6.45, 7) is 6.52. The molecular weight excluding hydrogens is 164 g/mol. The van der Waals surface area contributed by atoms with E-state index in [1.54, 1.807) is 0 Å². The molecule has 2 rings (SSSR count). The summed E-state index contributed by atoms with van der Waals surface area (Å²) in [5.74, 6) is -0.171. The number of cyclic esters (lactones) is 1. The van der Waals surface area contributed by atoms with Crippen LogP contribution < -0.4 is 0 Å². The van der Waals surface area contributed by atoms with Gasteiger partial charge in [0, 0.05) is 5.56 Å². The topological polar surface area (TPSA) is 26.3 Å². The largest absolute Gasteiger partial charge is 0.457 e. The van der Waals surface area contributed by atoms with Crippen LogP contribution >= 0.6 is 0 Å². The van der Waals surface area contributed by atoms with Crippen LogP contribution in [0.4, 0.5) is 0 Å². The highest BCUT2D eigenvalue weighted by atomic mass is 16.5. The van der Waals surface area contributed by atoms with Crippen molar-refractivity contribution >= 4 is 5.97 Å². The number of rotatable bonds is 0. The molecule has 0 aromatic heterocycles. The Kier molecular flexibility index (Phi) is 1.65. The Morgan fingerprint density at radius 3 is 2.62 bits per heavy atom. The molecule has 68 valence electrons. The van der Waals surface area contributed by atoms with E-state index in [0.717, 1.165) is 16.7 Å². The van der Waals surface area contributed by atoms with Crippen LogP contribution in [-0.2, 0) is 11.3 Å². The molecule has 0 fully saturated rings. The van der Waals surface area contributed by atoms with E-state index >= 15 is 0 Å². The third kappa shape index (κ3) is 1.05. The van der Waals surface area contributed by atoms with E-state index < -0.39 is 0 Å². The van der Waals surface area contributed by atoms with Crippen molar-refractivity contribution in [3.63, 3.8) is 0 Å². The van der Waals surface area contributed by atoms with E-state index in [9.17, 15) is 4.79 Å². The number of carbonyl (C=O) groups excluding carboxylic acids is 1. The summed E-state index contributed by atoms with van der Waals surface area (Å²) in [7, 11) is 0. The monoisotopic (exact) mass is 176 g/mol. The molecule has 1 aromatic rings. The van der Waals surface area contributed by atoms with Crippen LogP contribution in [0.2, 0.25) is 0 Å². The Morgan fingerprint density at radius 1 is 1.23 bits per heavy atom. The molecule has 0 amide bonds. The van der Waals surface area contributed by atoms with Crippen LogP contribution in [0.25, 0.3) is 0 Å². The summed E-state index contributed by atoms with van der Waals surface area (Å²) < 4.78 is 4.98. The van der Waals surface area contributed by atoms with Crippen molar-refractivity contribution in [3.8, 4) is 0 Å². The molecule has 0 radical (unpaired) electrons. The Balaban J connectivity index is 2.75. The molecule has 1 aliphatic heterocycles. The summed E-state index contributed by atoms with van der Waals surface area (Å²) in [6.07, 6.45) is 0. The van der Waals surface area contributed by atoms with Gasteiger partial charge in [0.15, 0.2) is 0 Å². The third-order valence-electron chi connectivity index (χ3n) is 2.80. The van der Waals surface area contributed by atoms with Gasteiger partial charge in [-0.25, -0.2) is 4.79 Å². The molecule has 1 heterocycles. The fraction of sp³-hybridized carbons (Fsp3) is 0.364. The molecule has 0 spiro atoms. The first-order valence-corrected chi connectivity index (χ1v) is 4.38. The maximum Gasteiger partial charge on any atom is 0.339 e. The van der Waals surface area contributed by atoms with Gasteiger partial charge in [-0.15, -0.1) is 0 Å². The van der Waals surface area contributed by atoms with Crippen LogP contribution in [0.15, 0.2) is 6.07 Å². The predicted molar refractivity (Wildman–Crippen MR) is 49.8 cm³/mol. The summed E-state index contributed by atoms with van der Waals surface area (Å²) in [6, 6.07) is 2.04. The van der Waals surface area contributed by atoms with E-state index in [0.29, 0.717) is 6.61 Å². The average Bonchev–Trinajstić information content (AvgIpc) is 2.43. The van der Waals surface area contributed by atoms with Crippen molar-refractivity contribution < 1.29 is 9.53 Å². The zero-order valence-corrected chi connectivity index (χ0v) is 8.10. The number of aryl methyl sites for hydroxylation is 1. The number of fused-ring (bicyclic) bond motifs is 1. The van der Waals surface area contributed by atoms with Gasteiger partial charge in [-0.2, -0.15) is 0 Å². The first-order valence-electron chi connectivity index (χ1n) is 4.38. The molecule has 0 atom stereocenters. The van der Waals surface area contributed by atoms with E-state index in [-0.39, 0.29) is 5.97 Å². The molecule has 0 unspecified atom stereocenters. The number of carbonyl (C=O) groups is 1. The number of benzene rings is 1. The second kappa shape index (κ2) is 2.59. The van der Waals surface area contributed by atoms with E-state index in [4.69, 9.17) is 4.74 Å². The quantitative estimate of drug-likeness (QED) is 0.567. The fourth-order valence-electron chi connectivity index (χ4n) is 1.78. The predicted octanol–water partition coefficient (Wildman–Crippen LogP) is 2.28. The third-order valence-corrected chi connectivity index (χ3v) is 2.80. The minimum atomic E-state index is -0.171. The van der Waals surface area contributed by atoms with Crippen LogP contribution in [0.5, 0.6) is 0 Å². The number of hydrogen-bond acceptors (Lipinski definition) is 2. The Bertz CT molecular complexity index is 392. The molecule has 0 aliphatic carbocycles. The standard InChI is InChI=1S/C11H12O2/c1-6-4-9-5-13-11(12)10(9)8(3)7(6)2/h4H,5H2,1-3H3. The van der Waals surface area contributed by atoms with E-state index in [2.05, 4.69) is 6.92 Å². The lowest BCUT2D eigenvalue weighted by Crippen LogP contribution is -2.00. The molecule has 1 aliphatic rings. The molecule has 2 heteroatoms. The number of esters is 1. The minimum Gasteiger partial charge on any atom is -0.457 e. The van der Waals surface area contributed by atoms with Crippen molar-refractivity contribution in [1.82, 2.24) is 0 Å². The highest BCUT2D eigenvalue weighted by Gasteiger charge is 2.24. The zero-order chi connectivity index (χ0) is 9.59. The van der Waals surface area contributed by atoms with Gasteiger partial charge in [0.2, 0.25) is 0 Å². The summed E-state index contributed by atoms with van der Waals surface area (Å²) >= 11 is 0. The van der Waals surface area contributed by atoms with Gasteiger partial charge < -0.3 is 4.74 Å². The fourth-order valence-corrected chi connectivity index (χ4v) is 1.78. The maximum atomic E-state index is 11.3. The Hall–Kier alpha value is -1.31. The van der Waals surface area contributed by atoms with Crippen LogP contribution in [0.3, 0.4) is 0 Å². The second-order valence-electron chi connectivity index (χ2n) is 3.55. The van der Waals surface area contributed by atoms with Crippen LogP contribution in [0, 0.1) is 20.8 Å². The normalized spacial score (nSPS) is 14.2. The lowest BCUT2D eigenvalue weighted by Gasteiger charge is -2.07. The van der Waals surface area contributed by atoms with E-state index in [1.165, 1.54) is 11.1 Å². The van der Waals surface area contributed by atoms with E-state index in [1.807, 2.05) is 19.9 Å². The van der Waals surface area contributed by atoms with Crippen molar-refractivity contribution in [2.45, 2.75) is 27.4 Å². The summed E-state index contributed by atoms with van der Waals surface area (Å²) in [4.78, 5) is 11.3. The molecular formula is C11H12O2. The summed E-state index contributed by atoms with van der Waals surface area (Å²) in [5, 5.41) is 0. The molecule has 0 bridgehead atoms. The molecule has 0 saturated carbocycles. The smallest absolute Gasteiger partial charge is 0.339 e. The highest BCUT2D eigenvalue weighted by Crippen LogP contribution is 2.27. The van der Waals surface area contributed by atoms with Gasteiger partial charge in [0.1, 0.15) is 6.61 Å². The Morgan fingerprint density at radius 2 is 1.92 bits per heavy atom. The average molecular weight is 176 g/mol. The van der Waals surface area contributed by atoms with Crippen molar-refractivity contribution in [2.24, 2.45) is 0 Å². The number of ether oxygens (including phenoxy) is 1. The van der Waals surface area contributed by atoms with Crippen LogP contribution in [-0.4, -0.2) is 5.97 Å². The molecule has 13 heavy (non-hydrogen) atoms. The van der Waals surface area contributed by atoms with Gasteiger partial charge in [0.05, 0.1) is 5.56 Å². The van der Waals surface area contributed by atoms with Crippen molar-refractivity contribution in [2.75, 3.05) is 0 Å². The number of hydrogen-bond donors (Lipinski definition) is 0. The Labute approximate surface area is 77.5 Å². The van der Waals surface area contributed by atoms with Crippen molar-refractivity contribution in [1.29, 1.82) is 0 Å². The maximum absolute atomic E-state index is 11.3. The van der Waals surface area contributed by atoms with Gasteiger partial charge >= 0.3 is 5.97 Å². The summed E-state index contributed by atoms with van der Waals surface area (Å²) in [5.41, 5.74) is 5.30. The second-order valence-corrected chi connectivity index (χ2v) is 3.55. The SMILES string of the molecule is Cc1cc2c(c(C)c1C)C(=O)OC2. The molecule has 0 saturated heterocycles. The zero-order valence-electron chi connectivity index (χ0n) is 8.10. The molecule has 2 nitrogen and oxygen atoms in total. The molecule has 0 N–H and O–H groups in total.